The number of hydrogen-bond donors (Lipinski definition) is 1. The molecule has 98 valence electrons. The molecule has 0 radical (unpaired) electrons. The summed E-state index contributed by atoms with van der Waals surface area (Å²) in [6, 6.07) is 4.30. The minimum atomic E-state index is -0.135. The van der Waals surface area contributed by atoms with Crippen molar-refractivity contribution in [1.82, 2.24) is 0 Å². The van der Waals surface area contributed by atoms with Gasteiger partial charge in [0.2, 0.25) is 0 Å². The Morgan fingerprint density at radius 1 is 1.39 bits per heavy atom. The van der Waals surface area contributed by atoms with Crippen LogP contribution in [0.4, 0.5) is 0 Å². The zero-order valence-corrected chi connectivity index (χ0v) is 12.4. The molecule has 1 aromatic carbocycles. The van der Waals surface area contributed by atoms with Crippen molar-refractivity contribution in [3.8, 4) is 5.75 Å². The molecule has 0 amide bonds. The van der Waals surface area contributed by atoms with Gasteiger partial charge in [-0.3, -0.25) is 0 Å². The highest BCUT2D eigenvalue weighted by Gasteiger charge is 2.43. The summed E-state index contributed by atoms with van der Waals surface area (Å²) < 4.78 is 7.12. The first-order chi connectivity index (χ1) is 8.58. The fourth-order valence-electron chi connectivity index (χ4n) is 2.51. The zero-order chi connectivity index (χ0) is 12.8. The Bertz CT molecular complexity index is 464. The Balaban J connectivity index is 1.85. The first-order valence-corrected chi connectivity index (χ1v) is 7.60. The summed E-state index contributed by atoms with van der Waals surface area (Å²) in [4.78, 5) is 0. The molecule has 18 heavy (non-hydrogen) atoms. The quantitative estimate of drug-likeness (QED) is 0.916. The van der Waals surface area contributed by atoms with Crippen molar-refractivity contribution in [3.05, 3.63) is 27.7 Å². The molecule has 0 bridgehead atoms. The molecule has 0 atom stereocenters. The Morgan fingerprint density at radius 2 is 2.11 bits per heavy atom. The van der Waals surface area contributed by atoms with Gasteiger partial charge in [0.25, 0.3) is 0 Å². The van der Waals surface area contributed by atoms with Crippen LogP contribution in [0.15, 0.2) is 16.6 Å². The van der Waals surface area contributed by atoms with E-state index in [1.54, 1.807) is 0 Å². The van der Waals surface area contributed by atoms with Crippen molar-refractivity contribution in [2.75, 3.05) is 6.61 Å². The molecule has 3 heteroatoms. The second kappa shape index (κ2) is 4.53. The summed E-state index contributed by atoms with van der Waals surface area (Å²) in [6.07, 6.45) is 6.13. The molecular weight excluding hydrogens is 290 g/mol. The zero-order valence-electron chi connectivity index (χ0n) is 10.8. The molecule has 3 rings (SSSR count). The molecule has 0 aromatic heterocycles. The van der Waals surface area contributed by atoms with Crippen LogP contribution in [-0.4, -0.2) is 6.61 Å². The van der Waals surface area contributed by atoms with Crippen molar-refractivity contribution in [3.63, 3.8) is 0 Å². The molecule has 2 aliphatic carbocycles. The summed E-state index contributed by atoms with van der Waals surface area (Å²) in [6.45, 7) is 2.94. The number of hydrogen-bond acceptors (Lipinski definition) is 2. The smallest absolute Gasteiger partial charge is 0.138 e. The SMILES string of the molecule is Cc1cc(Br)c(OCC2CCC2)c(C2(N)CC2)c1. The number of nitrogens with two attached hydrogens (primary N) is 1. The van der Waals surface area contributed by atoms with E-state index in [1.165, 1.54) is 30.4 Å². The van der Waals surface area contributed by atoms with E-state index >= 15 is 0 Å². The standard InChI is InChI=1S/C15H20BrNO/c1-10-7-12(15(17)5-6-15)14(13(16)8-10)18-9-11-3-2-4-11/h7-8,11H,2-6,9,17H2,1H3. The highest BCUT2D eigenvalue weighted by molar-refractivity contribution is 9.10. The van der Waals surface area contributed by atoms with Gasteiger partial charge in [-0.15, -0.1) is 0 Å². The molecule has 0 unspecified atom stereocenters. The first-order valence-electron chi connectivity index (χ1n) is 6.81. The van der Waals surface area contributed by atoms with Crippen molar-refractivity contribution < 1.29 is 4.74 Å². The third-order valence-electron chi connectivity index (χ3n) is 4.20. The van der Waals surface area contributed by atoms with Crippen LogP contribution < -0.4 is 10.5 Å². The maximum atomic E-state index is 6.36. The molecule has 2 fully saturated rings. The summed E-state index contributed by atoms with van der Waals surface area (Å²) in [5.74, 6) is 1.73. The van der Waals surface area contributed by atoms with Gasteiger partial charge in [-0.1, -0.05) is 12.5 Å². The normalized spacial score (nSPS) is 21.5. The summed E-state index contributed by atoms with van der Waals surface area (Å²) in [7, 11) is 0. The lowest BCUT2D eigenvalue weighted by atomic mass is 9.86. The molecule has 2 nitrogen and oxygen atoms in total. The van der Waals surface area contributed by atoms with Crippen LogP contribution in [0.3, 0.4) is 0 Å². The van der Waals surface area contributed by atoms with Gasteiger partial charge >= 0.3 is 0 Å². The van der Waals surface area contributed by atoms with Gasteiger partial charge < -0.3 is 10.5 Å². The van der Waals surface area contributed by atoms with E-state index in [-0.39, 0.29) is 5.54 Å². The lowest BCUT2D eigenvalue weighted by molar-refractivity contribution is 0.178. The van der Waals surface area contributed by atoms with E-state index in [2.05, 4.69) is 35.0 Å². The maximum absolute atomic E-state index is 6.36. The predicted octanol–water partition coefficient (Wildman–Crippen LogP) is 3.88. The number of ether oxygens (including phenoxy) is 1. The largest absolute Gasteiger partial charge is 0.492 e. The average molecular weight is 310 g/mol. The third kappa shape index (κ3) is 2.30. The van der Waals surface area contributed by atoms with Crippen LogP contribution in [-0.2, 0) is 5.54 Å². The van der Waals surface area contributed by atoms with Crippen LogP contribution >= 0.6 is 15.9 Å². The summed E-state index contributed by atoms with van der Waals surface area (Å²) in [5.41, 5.74) is 8.65. The molecule has 2 N–H and O–H groups in total. The van der Waals surface area contributed by atoms with Crippen LogP contribution in [0.2, 0.25) is 0 Å². The first kappa shape index (κ1) is 12.5. The Kier molecular flexibility index (Phi) is 3.15. The van der Waals surface area contributed by atoms with Crippen LogP contribution in [0.5, 0.6) is 5.75 Å². The second-order valence-electron chi connectivity index (χ2n) is 5.89. The topological polar surface area (TPSA) is 35.2 Å². The van der Waals surface area contributed by atoms with E-state index in [1.807, 2.05) is 0 Å². The van der Waals surface area contributed by atoms with Gasteiger partial charge in [0.1, 0.15) is 5.75 Å². The number of aryl methyl sites for hydroxylation is 1. The molecule has 0 aliphatic heterocycles. The van der Waals surface area contributed by atoms with E-state index in [9.17, 15) is 0 Å². The molecule has 2 aliphatic rings. The molecule has 0 spiro atoms. The van der Waals surface area contributed by atoms with E-state index in [0.29, 0.717) is 0 Å². The molecular formula is C15H20BrNO. The van der Waals surface area contributed by atoms with E-state index in [0.717, 1.165) is 35.6 Å². The molecule has 0 heterocycles. The highest BCUT2D eigenvalue weighted by atomic mass is 79.9. The Labute approximate surface area is 117 Å². The lowest BCUT2D eigenvalue weighted by Crippen LogP contribution is -2.23. The lowest BCUT2D eigenvalue weighted by Gasteiger charge is -2.27. The van der Waals surface area contributed by atoms with Crippen molar-refractivity contribution in [2.45, 2.75) is 44.6 Å². The van der Waals surface area contributed by atoms with Gasteiger partial charge in [-0.2, -0.15) is 0 Å². The highest BCUT2D eigenvalue weighted by Crippen LogP contribution is 2.49. The van der Waals surface area contributed by atoms with Crippen molar-refractivity contribution in [1.29, 1.82) is 0 Å². The van der Waals surface area contributed by atoms with E-state index in [4.69, 9.17) is 10.5 Å². The Hall–Kier alpha value is -0.540. The molecule has 2 saturated carbocycles. The summed E-state index contributed by atoms with van der Waals surface area (Å²) >= 11 is 3.63. The maximum Gasteiger partial charge on any atom is 0.138 e. The minimum Gasteiger partial charge on any atom is -0.492 e. The Morgan fingerprint density at radius 3 is 2.67 bits per heavy atom. The van der Waals surface area contributed by atoms with Gasteiger partial charge in [0, 0.05) is 11.1 Å². The number of rotatable bonds is 4. The second-order valence-corrected chi connectivity index (χ2v) is 6.74. The predicted molar refractivity (Wildman–Crippen MR) is 76.8 cm³/mol. The van der Waals surface area contributed by atoms with E-state index < -0.39 is 0 Å². The van der Waals surface area contributed by atoms with Gasteiger partial charge in [0.05, 0.1) is 11.1 Å². The van der Waals surface area contributed by atoms with Gasteiger partial charge in [0.15, 0.2) is 0 Å². The number of halogens is 1. The van der Waals surface area contributed by atoms with Crippen molar-refractivity contribution >= 4 is 15.9 Å². The fourth-order valence-corrected chi connectivity index (χ4v) is 3.20. The minimum absolute atomic E-state index is 0.135. The molecule has 1 aromatic rings. The monoisotopic (exact) mass is 309 g/mol. The van der Waals surface area contributed by atoms with Crippen LogP contribution in [0.1, 0.15) is 43.2 Å². The van der Waals surface area contributed by atoms with Crippen LogP contribution in [0.25, 0.3) is 0 Å². The number of benzene rings is 1. The van der Waals surface area contributed by atoms with Gasteiger partial charge in [-0.05, 0) is 66.1 Å². The fraction of sp³-hybridized carbons (Fsp3) is 0.600. The molecule has 0 saturated heterocycles. The van der Waals surface area contributed by atoms with Crippen molar-refractivity contribution in [2.24, 2.45) is 11.7 Å². The van der Waals surface area contributed by atoms with Crippen LogP contribution in [0, 0.1) is 12.8 Å². The van der Waals surface area contributed by atoms with Gasteiger partial charge in [-0.25, -0.2) is 0 Å². The average Bonchev–Trinajstić information content (AvgIpc) is 2.98. The summed E-state index contributed by atoms with van der Waals surface area (Å²) in [5, 5.41) is 0. The third-order valence-corrected chi connectivity index (χ3v) is 4.79.